The maximum Gasteiger partial charge on any atom is 0.243 e. The van der Waals surface area contributed by atoms with Crippen LogP contribution in [0.4, 0.5) is 5.69 Å². The molecule has 2 aromatic rings. The van der Waals surface area contributed by atoms with Crippen LogP contribution in [0.15, 0.2) is 59.1 Å². The van der Waals surface area contributed by atoms with Crippen LogP contribution in [0.5, 0.6) is 0 Å². The van der Waals surface area contributed by atoms with E-state index >= 15 is 0 Å². The first-order valence-corrected chi connectivity index (χ1v) is 11.0. The predicted octanol–water partition coefficient (Wildman–Crippen LogP) is 2.81. The van der Waals surface area contributed by atoms with Crippen LogP contribution in [0, 0.1) is 5.92 Å². The first-order valence-electron chi connectivity index (χ1n) is 10.2. The largest absolute Gasteiger partial charge is 0.352 e. The fraction of sp³-hybridized carbons (Fsp3) is 0.348. The van der Waals surface area contributed by atoms with E-state index in [-0.39, 0.29) is 30.2 Å². The van der Waals surface area contributed by atoms with Gasteiger partial charge in [0.05, 0.1) is 11.6 Å². The summed E-state index contributed by atoms with van der Waals surface area (Å²) in [4.78, 5) is 39.9. The van der Waals surface area contributed by atoms with Crippen LogP contribution < -0.4 is 15.5 Å². The van der Waals surface area contributed by atoms with Gasteiger partial charge < -0.3 is 15.5 Å². The molecule has 1 saturated carbocycles. The minimum Gasteiger partial charge on any atom is -0.352 e. The number of nitrogens with zero attached hydrogens (tertiary/aromatic N) is 1. The molecule has 0 radical (unpaired) electrons. The third-order valence-corrected chi connectivity index (χ3v) is 6.15. The van der Waals surface area contributed by atoms with Crippen molar-refractivity contribution >= 4 is 39.3 Å². The smallest absolute Gasteiger partial charge is 0.243 e. The fourth-order valence-electron chi connectivity index (χ4n) is 3.66. The molecule has 2 fully saturated rings. The van der Waals surface area contributed by atoms with E-state index in [1.807, 2.05) is 54.6 Å². The predicted molar refractivity (Wildman–Crippen MR) is 118 cm³/mol. The highest BCUT2D eigenvalue weighted by Gasteiger charge is 2.37. The summed E-state index contributed by atoms with van der Waals surface area (Å²) in [7, 11) is 0. The molecule has 0 spiro atoms. The number of hydrogen-bond donors (Lipinski definition) is 2. The molecule has 1 aliphatic carbocycles. The van der Waals surface area contributed by atoms with E-state index in [0.717, 1.165) is 28.6 Å². The van der Waals surface area contributed by atoms with E-state index < -0.39 is 12.0 Å². The van der Waals surface area contributed by atoms with Crippen molar-refractivity contribution in [3.8, 4) is 0 Å². The second-order valence-corrected chi connectivity index (χ2v) is 8.74. The summed E-state index contributed by atoms with van der Waals surface area (Å²) in [6.07, 6.45) is 2.51. The molecule has 30 heavy (non-hydrogen) atoms. The quantitative estimate of drug-likeness (QED) is 0.654. The molecule has 1 heterocycles. The van der Waals surface area contributed by atoms with Crippen molar-refractivity contribution in [3.63, 3.8) is 0 Å². The van der Waals surface area contributed by atoms with Crippen LogP contribution in [0.25, 0.3) is 0 Å². The zero-order valence-corrected chi connectivity index (χ0v) is 18.1. The van der Waals surface area contributed by atoms with Crippen LogP contribution in [0.1, 0.15) is 24.8 Å². The number of nitrogens with one attached hydrogen (secondary N) is 2. The van der Waals surface area contributed by atoms with Gasteiger partial charge >= 0.3 is 0 Å². The van der Waals surface area contributed by atoms with Crippen molar-refractivity contribution in [3.05, 3.63) is 64.6 Å². The highest BCUT2D eigenvalue weighted by molar-refractivity contribution is 9.10. The molecule has 4 rings (SSSR count). The number of carbonyl (C=O) groups is 3. The Labute approximate surface area is 184 Å². The van der Waals surface area contributed by atoms with Crippen molar-refractivity contribution in [2.24, 2.45) is 5.92 Å². The van der Waals surface area contributed by atoms with Gasteiger partial charge in [0.2, 0.25) is 17.7 Å². The SMILES string of the molecule is O=C(NC(Cc1ccccc1)C(=O)NC1CC1)C1CC(=O)N(c2ccccc2Br)C1. The number of hydrogen-bond acceptors (Lipinski definition) is 3. The lowest BCUT2D eigenvalue weighted by atomic mass is 10.0. The molecule has 3 amide bonds. The van der Waals surface area contributed by atoms with Gasteiger partial charge in [0.25, 0.3) is 0 Å². The summed E-state index contributed by atoms with van der Waals surface area (Å²) in [5.74, 6) is -1.01. The summed E-state index contributed by atoms with van der Waals surface area (Å²) in [5.41, 5.74) is 1.73. The van der Waals surface area contributed by atoms with E-state index in [1.54, 1.807) is 4.90 Å². The van der Waals surface area contributed by atoms with E-state index in [0.29, 0.717) is 13.0 Å². The zero-order valence-electron chi connectivity index (χ0n) is 16.5. The summed E-state index contributed by atoms with van der Waals surface area (Å²) < 4.78 is 0.810. The number of carbonyl (C=O) groups excluding carboxylic acids is 3. The van der Waals surface area contributed by atoms with Crippen molar-refractivity contribution < 1.29 is 14.4 Å². The van der Waals surface area contributed by atoms with Gasteiger partial charge in [0.1, 0.15) is 6.04 Å². The van der Waals surface area contributed by atoms with Gasteiger partial charge in [-0.25, -0.2) is 0 Å². The summed E-state index contributed by atoms with van der Waals surface area (Å²) in [6.45, 7) is 0.301. The molecule has 6 nitrogen and oxygen atoms in total. The molecule has 2 atom stereocenters. The third kappa shape index (κ3) is 4.90. The van der Waals surface area contributed by atoms with Gasteiger partial charge in [-0.3, -0.25) is 14.4 Å². The van der Waals surface area contributed by atoms with Crippen LogP contribution in [-0.4, -0.2) is 36.3 Å². The molecule has 2 N–H and O–H groups in total. The molecule has 0 bridgehead atoms. The summed E-state index contributed by atoms with van der Waals surface area (Å²) in [6, 6.07) is 16.6. The minimum atomic E-state index is -0.659. The Morgan fingerprint density at radius 2 is 1.77 bits per heavy atom. The Bertz CT molecular complexity index is 946. The van der Waals surface area contributed by atoms with Crippen LogP contribution in [-0.2, 0) is 20.8 Å². The minimum absolute atomic E-state index is 0.0934. The van der Waals surface area contributed by atoms with Crippen LogP contribution in [0.3, 0.4) is 0 Å². The number of halogens is 1. The molecule has 0 aromatic heterocycles. The normalized spacial score (nSPS) is 19.4. The Hall–Kier alpha value is -2.67. The first kappa shape index (κ1) is 20.6. The molecule has 1 saturated heterocycles. The molecule has 2 aromatic carbocycles. The van der Waals surface area contributed by atoms with Crippen LogP contribution >= 0.6 is 15.9 Å². The summed E-state index contributed by atoms with van der Waals surface area (Å²) >= 11 is 3.47. The second-order valence-electron chi connectivity index (χ2n) is 7.89. The fourth-order valence-corrected chi connectivity index (χ4v) is 4.16. The Balaban J connectivity index is 1.44. The van der Waals surface area contributed by atoms with Gasteiger partial charge in [-0.05, 0) is 46.5 Å². The molecule has 1 aliphatic heterocycles. The zero-order chi connectivity index (χ0) is 21.1. The highest BCUT2D eigenvalue weighted by Crippen LogP contribution is 2.31. The Morgan fingerprint density at radius 3 is 2.47 bits per heavy atom. The van der Waals surface area contributed by atoms with Crippen molar-refractivity contribution in [1.82, 2.24) is 10.6 Å². The van der Waals surface area contributed by atoms with E-state index in [4.69, 9.17) is 0 Å². The molecular weight excluding hydrogens is 446 g/mol. The summed E-state index contributed by atoms with van der Waals surface area (Å²) in [5, 5.41) is 5.89. The number of anilines is 1. The first-order chi connectivity index (χ1) is 14.5. The second kappa shape index (κ2) is 9.00. The average Bonchev–Trinajstić information content (AvgIpc) is 3.47. The van der Waals surface area contributed by atoms with Crippen molar-refractivity contribution in [1.29, 1.82) is 0 Å². The van der Waals surface area contributed by atoms with Crippen LogP contribution in [0.2, 0.25) is 0 Å². The monoisotopic (exact) mass is 469 g/mol. The Morgan fingerprint density at radius 1 is 1.07 bits per heavy atom. The topological polar surface area (TPSA) is 78.5 Å². The van der Waals surface area contributed by atoms with E-state index in [2.05, 4.69) is 26.6 Å². The van der Waals surface area contributed by atoms with Crippen molar-refractivity contribution in [2.45, 2.75) is 37.8 Å². The molecule has 2 unspecified atom stereocenters. The van der Waals surface area contributed by atoms with Gasteiger partial charge in [-0.2, -0.15) is 0 Å². The van der Waals surface area contributed by atoms with E-state index in [9.17, 15) is 14.4 Å². The van der Waals surface area contributed by atoms with Gasteiger partial charge in [0.15, 0.2) is 0 Å². The maximum absolute atomic E-state index is 13.0. The third-order valence-electron chi connectivity index (χ3n) is 5.48. The number of rotatable bonds is 7. The van der Waals surface area contributed by atoms with Gasteiger partial charge in [-0.1, -0.05) is 42.5 Å². The standard InChI is InChI=1S/C23H24BrN3O3/c24-18-8-4-5-9-20(18)27-14-16(13-21(27)28)22(29)26-19(23(30)25-17-10-11-17)12-15-6-2-1-3-7-15/h1-9,16-17,19H,10-14H2,(H,25,30)(H,26,29). The maximum atomic E-state index is 13.0. The Kier molecular flexibility index (Phi) is 6.18. The van der Waals surface area contributed by atoms with Gasteiger partial charge in [0, 0.05) is 29.9 Å². The molecule has 2 aliphatic rings. The molecular formula is C23H24BrN3O3. The van der Waals surface area contributed by atoms with Gasteiger partial charge in [-0.15, -0.1) is 0 Å². The molecule has 7 heteroatoms. The van der Waals surface area contributed by atoms with Crippen molar-refractivity contribution in [2.75, 3.05) is 11.4 Å². The number of para-hydroxylation sites is 1. The highest BCUT2D eigenvalue weighted by atomic mass is 79.9. The number of benzene rings is 2. The lowest BCUT2D eigenvalue weighted by Crippen LogP contribution is -2.50. The average molecular weight is 470 g/mol. The van der Waals surface area contributed by atoms with E-state index in [1.165, 1.54) is 0 Å². The number of amides is 3. The molecule has 156 valence electrons. The lowest BCUT2D eigenvalue weighted by Gasteiger charge is -2.21. The lowest BCUT2D eigenvalue weighted by molar-refractivity contribution is -0.131.